The van der Waals surface area contributed by atoms with Crippen LogP contribution in [0.4, 0.5) is 11.4 Å². The predicted molar refractivity (Wildman–Crippen MR) is 67.4 cm³/mol. The number of carboxylic acid groups (broad SMARTS) is 1. The Morgan fingerprint density at radius 3 is 2.71 bits per heavy atom. The molecule has 1 rings (SSSR count). The summed E-state index contributed by atoms with van der Waals surface area (Å²) in [6, 6.07) is 3.35. The summed E-state index contributed by atoms with van der Waals surface area (Å²) in [5.41, 5.74) is 7.60. The van der Waals surface area contributed by atoms with Crippen LogP contribution in [-0.4, -0.2) is 29.3 Å². The molecule has 0 aliphatic rings. The van der Waals surface area contributed by atoms with Crippen LogP contribution in [0, 0.1) is 6.92 Å². The number of aryl methyl sites for hydroxylation is 1. The van der Waals surface area contributed by atoms with Crippen LogP contribution >= 0.6 is 0 Å². The molecule has 0 saturated carbocycles. The van der Waals surface area contributed by atoms with Crippen molar-refractivity contribution in [1.82, 2.24) is 0 Å². The number of anilines is 2. The highest BCUT2D eigenvalue weighted by atomic mass is 16.4. The zero-order chi connectivity index (χ0) is 12.8. The van der Waals surface area contributed by atoms with Crippen molar-refractivity contribution in [2.24, 2.45) is 0 Å². The van der Waals surface area contributed by atoms with E-state index in [1.165, 1.54) is 6.07 Å². The summed E-state index contributed by atoms with van der Waals surface area (Å²) in [4.78, 5) is 11.0. The Balaban J connectivity index is 2.77. The van der Waals surface area contributed by atoms with Crippen LogP contribution in [0.15, 0.2) is 12.1 Å². The maximum absolute atomic E-state index is 11.0. The molecule has 0 bridgehead atoms. The number of rotatable bonds is 6. The van der Waals surface area contributed by atoms with Gasteiger partial charge in [0.1, 0.15) is 0 Å². The van der Waals surface area contributed by atoms with E-state index in [9.17, 15) is 4.79 Å². The first-order valence-electron chi connectivity index (χ1n) is 5.54. The van der Waals surface area contributed by atoms with Gasteiger partial charge in [-0.25, -0.2) is 4.79 Å². The molecule has 0 unspecified atom stereocenters. The number of nitrogens with one attached hydrogen (secondary N) is 1. The number of carbonyl (C=O) groups is 1. The van der Waals surface area contributed by atoms with Gasteiger partial charge in [0, 0.05) is 24.5 Å². The number of hydrogen-bond donors (Lipinski definition) is 4. The number of benzene rings is 1. The highest BCUT2D eigenvalue weighted by molar-refractivity contribution is 5.95. The topological polar surface area (TPSA) is 95.6 Å². The molecule has 0 fully saturated rings. The summed E-state index contributed by atoms with van der Waals surface area (Å²) in [6.45, 7) is 2.65. The molecule has 0 saturated heterocycles. The van der Waals surface area contributed by atoms with E-state index in [0.717, 1.165) is 24.1 Å². The molecule has 1 aromatic rings. The summed E-state index contributed by atoms with van der Waals surface area (Å²) >= 11 is 0. The lowest BCUT2D eigenvalue weighted by atomic mass is 10.1. The Labute approximate surface area is 100 Å². The molecule has 94 valence electrons. The van der Waals surface area contributed by atoms with E-state index < -0.39 is 5.97 Å². The largest absolute Gasteiger partial charge is 0.478 e. The maximum Gasteiger partial charge on any atom is 0.337 e. The van der Waals surface area contributed by atoms with Crippen LogP contribution in [0.2, 0.25) is 0 Å². The van der Waals surface area contributed by atoms with E-state index in [1.807, 2.05) is 6.07 Å². The van der Waals surface area contributed by atoms with Gasteiger partial charge in [-0.3, -0.25) is 0 Å². The van der Waals surface area contributed by atoms with Gasteiger partial charge in [0.05, 0.1) is 5.56 Å². The SMILES string of the molecule is Cc1cc(NCCCCO)cc(C(=O)O)c1N. The molecule has 0 spiro atoms. The average Bonchev–Trinajstić information content (AvgIpc) is 2.28. The second-order valence-electron chi connectivity index (χ2n) is 3.92. The second-order valence-corrected chi connectivity index (χ2v) is 3.92. The molecule has 5 heteroatoms. The molecule has 0 aliphatic heterocycles. The quantitative estimate of drug-likeness (QED) is 0.444. The minimum atomic E-state index is -1.02. The van der Waals surface area contributed by atoms with Crippen molar-refractivity contribution in [2.75, 3.05) is 24.2 Å². The molecular weight excluding hydrogens is 220 g/mol. The number of nitrogen functional groups attached to an aromatic ring is 1. The third kappa shape index (κ3) is 3.64. The standard InChI is InChI=1S/C12H18N2O3/c1-8-6-9(14-4-2-3-5-15)7-10(11(8)13)12(16)17/h6-7,14-15H,2-5,13H2,1H3,(H,16,17). The van der Waals surface area contributed by atoms with Crippen LogP contribution in [0.1, 0.15) is 28.8 Å². The number of hydrogen-bond acceptors (Lipinski definition) is 4. The van der Waals surface area contributed by atoms with Crippen molar-refractivity contribution in [2.45, 2.75) is 19.8 Å². The number of nitrogens with two attached hydrogens (primary N) is 1. The third-order valence-electron chi connectivity index (χ3n) is 2.53. The van der Waals surface area contributed by atoms with Gasteiger partial charge >= 0.3 is 5.97 Å². The third-order valence-corrected chi connectivity index (χ3v) is 2.53. The molecule has 0 aromatic heterocycles. The van der Waals surface area contributed by atoms with Gasteiger partial charge in [0.25, 0.3) is 0 Å². The van der Waals surface area contributed by atoms with Crippen molar-refractivity contribution in [1.29, 1.82) is 0 Å². The lowest BCUT2D eigenvalue weighted by Gasteiger charge is -2.11. The summed E-state index contributed by atoms with van der Waals surface area (Å²) in [5, 5.41) is 20.7. The monoisotopic (exact) mass is 238 g/mol. The van der Waals surface area contributed by atoms with Crippen molar-refractivity contribution in [3.05, 3.63) is 23.3 Å². The van der Waals surface area contributed by atoms with Crippen molar-refractivity contribution < 1.29 is 15.0 Å². The molecule has 17 heavy (non-hydrogen) atoms. The Morgan fingerprint density at radius 1 is 1.41 bits per heavy atom. The zero-order valence-electron chi connectivity index (χ0n) is 9.86. The zero-order valence-corrected chi connectivity index (χ0v) is 9.86. The predicted octanol–water partition coefficient (Wildman–Crippen LogP) is 1.46. The molecule has 0 heterocycles. The van der Waals surface area contributed by atoms with Crippen LogP contribution in [0.3, 0.4) is 0 Å². The molecule has 0 aliphatic carbocycles. The van der Waals surface area contributed by atoms with E-state index in [-0.39, 0.29) is 12.2 Å². The van der Waals surface area contributed by atoms with Crippen LogP contribution < -0.4 is 11.1 Å². The summed E-state index contributed by atoms with van der Waals surface area (Å²) < 4.78 is 0. The molecule has 5 N–H and O–H groups in total. The normalized spacial score (nSPS) is 10.2. The number of unbranched alkanes of at least 4 members (excludes halogenated alkanes) is 1. The first-order chi connectivity index (χ1) is 8.06. The fourth-order valence-electron chi connectivity index (χ4n) is 1.55. The number of aromatic carboxylic acids is 1. The first-order valence-corrected chi connectivity index (χ1v) is 5.54. The smallest absolute Gasteiger partial charge is 0.337 e. The maximum atomic E-state index is 11.0. The van der Waals surface area contributed by atoms with Gasteiger partial charge in [0.15, 0.2) is 0 Å². The van der Waals surface area contributed by atoms with E-state index in [2.05, 4.69) is 5.32 Å². The van der Waals surface area contributed by atoms with Gasteiger partial charge in [0.2, 0.25) is 0 Å². The Hall–Kier alpha value is -1.75. The Bertz CT molecular complexity index is 405. The minimum absolute atomic E-state index is 0.120. The lowest BCUT2D eigenvalue weighted by molar-refractivity contribution is 0.0698. The van der Waals surface area contributed by atoms with Crippen molar-refractivity contribution >= 4 is 17.3 Å². The highest BCUT2D eigenvalue weighted by Crippen LogP contribution is 2.22. The average molecular weight is 238 g/mol. The summed E-state index contributed by atoms with van der Waals surface area (Å²) in [5.74, 6) is -1.02. The van der Waals surface area contributed by atoms with Gasteiger partial charge < -0.3 is 21.3 Å². The van der Waals surface area contributed by atoms with Crippen LogP contribution in [0.25, 0.3) is 0 Å². The van der Waals surface area contributed by atoms with Crippen LogP contribution in [-0.2, 0) is 0 Å². The van der Waals surface area contributed by atoms with Crippen molar-refractivity contribution in [3.63, 3.8) is 0 Å². The molecular formula is C12H18N2O3. The van der Waals surface area contributed by atoms with Crippen LogP contribution in [0.5, 0.6) is 0 Å². The van der Waals surface area contributed by atoms with Crippen molar-refractivity contribution in [3.8, 4) is 0 Å². The number of carboxylic acids is 1. The summed E-state index contributed by atoms with van der Waals surface area (Å²) in [7, 11) is 0. The minimum Gasteiger partial charge on any atom is -0.478 e. The molecule has 1 aromatic carbocycles. The highest BCUT2D eigenvalue weighted by Gasteiger charge is 2.11. The lowest BCUT2D eigenvalue weighted by Crippen LogP contribution is -2.08. The van der Waals surface area contributed by atoms with Gasteiger partial charge in [-0.2, -0.15) is 0 Å². The number of aliphatic hydroxyl groups is 1. The van der Waals surface area contributed by atoms with E-state index in [1.54, 1.807) is 6.92 Å². The molecule has 0 atom stereocenters. The van der Waals surface area contributed by atoms with Gasteiger partial charge in [-0.15, -0.1) is 0 Å². The molecule has 5 nitrogen and oxygen atoms in total. The first kappa shape index (κ1) is 13.3. The second kappa shape index (κ2) is 6.10. The van der Waals surface area contributed by atoms with E-state index >= 15 is 0 Å². The Morgan fingerprint density at radius 2 is 2.12 bits per heavy atom. The molecule has 0 radical (unpaired) electrons. The summed E-state index contributed by atoms with van der Waals surface area (Å²) in [6.07, 6.45) is 1.56. The molecule has 0 amide bonds. The van der Waals surface area contributed by atoms with E-state index in [4.69, 9.17) is 15.9 Å². The number of aliphatic hydroxyl groups excluding tert-OH is 1. The fraction of sp³-hybridized carbons (Fsp3) is 0.417. The van der Waals surface area contributed by atoms with Gasteiger partial charge in [-0.05, 0) is 37.5 Å². The Kier molecular flexibility index (Phi) is 4.78. The van der Waals surface area contributed by atoms with E-state index in [0.29, 0.717) is 12.2 Å². The van der Waals surface area contributed by atoms with Gasteiger partial charge in [-0.1, -0.05) is 0 Å². The fourth-order valence-corrected chi connectivity index (χ4v) is 1.55.